The van der Waals surface area contributed by atoms with E-state index in [1.54, 1.807) is 0 Å². The highest BCUT2D eigenvalue weighted by atomic mass is 19.3. The van der Waals surface area contributed by atoms with Gasteiger partial charge in [0.1, 0.15) is 6.67 Å². The summed E-state index contributed by atoms with van der Waals surface area (Å²) >= 11 is 0. The molecule has 0 aromatic carbocycles. The quantitative estimate of drug-likeness (QED) is 0.383. The number of hydrogen-bond acceptors (Lipinski definition) is 4. The SMILES string of the molecule is CCC(=O)OC(F)(F)C(F)(OCF)OCCF. The number of carbonyl (C=O) groups excluding carboxylic acids is 1. The molecular weight excluding hydrogens is 255 g/mol. The Kier molecular flexibility index (Phi) is 6.32. The molecule has 0 bridgehead atoms. The maximum absolute atomic E-state index is 13.4. The number of carbonyl (C=O) groups is 1. The van der Waals surface area contributed by atoms with Gasteiger partial charge in [0.25, 0.3) is 0 Å². The van der Waals surface area contributed by atoms with E-state index in [9.17, 15) is 26.7 Å². The monoisotopic (exact) mass is 266 g/mol. The largest absolute Gasteiger partial charge is 0.491 e. The highest BCUT2D eigenvalue weighted by molar-refractivity contribution is 5.69. The smallest absolute Gasteiger partial charge is 0.394 e. The van der Waals surface area contributed by atoms with E-state index in [2.05, 4.69) is 14.2 Å². The van der Waals surface area contributed by atoms with Gasteiger partial charge in [-0.05, 0) is 0 Å². The van der Waals surface area contributed by atoms with Gasteiger partial charge in [0, 0.05) is 6.42 Å². The zero-order valence-electron chi connectivity index (χ0n) is 8.85. The Hall–Kier alpha value is -0.960. The van der Waals surface area contributed by atoms with Gasteiger partial charge in [0.15, 0.2) is 6.86 Å². The minimum atomic E-state index is -4.89. The highest BCUT2D eigenvalue weighted by Gasteiger charge is 2.62. The average molecular weight is 266 g/mol. The molecule has 17 heavy (non-hydrogen) atoms. The van der Waals surface area contributed by atoms with Crippen molar-refractivity contribution in [3.63, 3.8) is 0 Å². The van der Waals surface area contributed by atoms with Crippen molar-refractivity contribution in [2.75, 3.05) is 20.1 Å². The van der Waals surface area contributed by atoms with Gasteiger partial charge in [-0.15, -0.1) is 0 Å². The number of halogens is 5. The van der Waals surface area contributed by atoms with E-state index in [0.717, 1.165) is 0 Å². The summed E-state index contributed by atoms with van der Waals surface area (Å²) < 4.78 is 73.5. The maximum atomic E-state index is 13.4. The minimum Gasteiger partial charge on any atom is -0.394 e. The molecule has 0 aromatic rings. The van der Waals surface area contributed by atoms with Crippen molar-refractivity contribution in [2.24, 2.45) is 0 Å². The first-order valence-corrected chi connectivity index (χ1v) is 4.51. The first kappa shape index (κ1) is 16.0. The van der Waals surface area contributed by atoms with E-state index in [-0.39, 0.29) is 0 Å². The van der Waals surface area contributed by atoms with E-state index in [1.807, 2.05) is 0 Å². The third-order valence-electron chi connectivity index (χ3n) is 1.48. The molecule has 0 spiro atoms. The van der Waals surface area contributed by atoms with Gasteiger partial charge < -0.3 is 9.47 Å². The van der Waals surface area contributed by atoms with Crippen molar-refractivity contribution in [1.82, 2.24) is 0 Å². The van der Waals surface area contributed by atoms with Crippen molar-refractivity contribution >= 4 is 5.97 Å². The summed E-state index contributed by atoms with van der Waals surface area (Å²) in [5.41, 5.74) is 0. The Labute approximate surface area is 93.6 Å². The predicted octanol–water partition coefficient (Wildman–Crippen LogP) is 2.09. The Bertz CT molecular complexity index is 250. The van der Waals surface area contributed by atoms with Crippen LogP contribution in [0.2, 0.25) is 0 Å². The normalized spacial score (nSPS) is 15.4. The molecule has 0 radical (unpaired) electrons. The summed E-state index contributed by atoms with van der Waals surface area (Å²) in [5.74, 6) is -1.46. The minimum absolute atomic E-state index is 0.468. The topological polar surface area (TPSA) is 44.8 Å². The second kappa shape index (κ2) is 6.70. The molecule has 0 aliphatic rings. The van der Waals surface area contributed by atoms with Crippen LogP contribution in [0.25, 0.3) is 0 Å². The Morgan fingerprint density at radius 3 is 2.18 bits per heavy atom. The summed E-state index contributed by atoms with van der Waals surface area (Å²) in [4.78, 5) is 10.6. The van der Waals surface area contributed by atoms with Gasteiger partial charge in [-0.1, -0.05) is 6.92 Å². The van der Waals surface area contributed by atoms with Gasteiger partial charge in [-0.3, -0.25) is 9.53 Å². The molecule has 0 amide bonds. The fourth-order valence-electron chi connectivity index (χ4n) is 0.726. The van der Waals surface area contributed by atoms with Gasteiger partial charge in [0.2, 0.25) is 0 Å². The molecule has 1 atom stereocenters. The number of hydrogen-bond donors (Lipinski definition) is 0. The van der Waals surface area contributed by atoms with Gasteiger partial charge in [-0.25, -0.2) is 8.78 Å². The van der Waals surface area contributed by atoms with Crippen molar-refractivity contribution < 1.29 is 41.0 Å². The van der Waals surface area contributed by atoms with Crippen LogP contribution in [0.3, 0.4) is 0 Å². The van der Waals surface area contributed by atoms with Crippen LogP contribution in [-0.2, 0) is 19.0 Å². The molecule has 0 saturated heterocycles. The lowest BCUT2D eigenvalue weighted by Crippen LogP contribution is -2.51. The molecule has 9 heteroatoms. The molecule has 0 N–H and O–H groups in total. The third-order valence-corrected chi connectivity index (χ3v) is 1.48. The lowest BCUT2D eigenvalue weighted by molar-refractivity contribution is -0.464. The first-order chi connectivity index (χ1) is 7.83. The summed E-state index contributed by atoms with van der Waals surface area (Å²) in [6.45, 7) is -3.21. The third kappa shape index (κ3) is 4.43. The van der Waals surface area contributed by atoms with Gasteiger partial charge in [-0.2, -0.15) is 13.2 Å². The van der Waals surface area contributed by atoms with Crippen molar-refractivity contribution in [2.45, 2.75) is 25.5 Å². The number of esters is 1. The van der Waals surface area contributed by atoms with Crippen LogP contribution in [0.4, 0.5) is 22.0 Å². The van der Waals surface area contributed by atoms with Crippen molar-refractivity contribution in [1.29, 1.82) is 0 Å². The van der Waals surface area contributed by atoms with Crippen LogP contribution < -0.4 is 0 Å². The summed E-state index contributed by atoms with van der Waals surface area (Å²) in [7, 11) is 0. The highest BCUT2D eigenvalue weighted by Crippen LogP contribution is 2.36. The van der Waals surface area contributed by atoms with E-state index >= 15 is 0 Å². The maximum Gasteiger partial charge on any atom is 0.491 e. The molecule has 0 aliphatic carbocycles. The first-order valence-electron chi connectivity index (χ1n) is 4.51. The van der Waals surface area contributed by atoms with Gasteiger partial charge in [0.05, 0.1) is 6.61 Å². The second-order valence-electron chi connectivity index (χ2n) is 2.67. The number of alkyl halides is 5. The van der Waals surface area contributed by atoms with Crippen LogP contribution in [0.1, 0.15) is 13.3 Å². The molecule has 0 aromatic heterocycles. The molecule has 102 valence electrons. The Morgan fingerprint density at radius 1 is 1.18 bits per heavy atom. The number of rotatable bonds is 8. The lowest BCUT2D eigenvalue weighted by atomic mass is 10.5. The van der Waals surface area contributed by atoms with Crippen LogP contribution >= 0.6 is 0 Å². The zero-order valence-corrected chi connectivity index (χ0v) is 8.85. The molecule has 0 fully saturated rings. The Morgan fingerprint density at radius 2 is 1.76 bits per heavy atom. The lowest BCUT2D eigenvalue weighted by Gasteiger charge is -2.29. The van der Waals surface area contributed by atoms with E-state index < -0.39 is 44.7 Å². The standard InChI is InChI=1S/C8H11F5O4/c1-2-6(14)17-7(11,12)8(13,16-5-10)15-4-3-9/h2-5H2,1H3. The summed E-state index contributed by atoms with van der Waals surface area (Å²) in [6, 6.07) is -4.36. The molecule has 1 unspecified atom stereocenters. The van der Waals surface area contributed by atoms with Crippen LogP contribution in [-0.4, -0.2) is 38.3 Å². The van der Waals surface area contributed by atoms with E-state index in [4.69, 9.17) is 0 Å². The van der Waals surface area contributed by atoms with Gasteiger partial charge >= 0.3 is 18.1 Å². The molecule has 0 heterocycles. The molecule has 0 aliphatic heterocycles. The van der Waals surface area contributed by atoms with Crippen LogP contribution in [0.5, 0.6) is 0 Å². The molecular formula is C8H11F5O4. The zero-order chi connectivity index (χ0) is 13.5. The van der Waals surface area contributed by atoms with Crippen LogP contribution in [0.15, 0.2) is 0 Å². The van der Waals surface area contributed by atoms with E-state index in [0.29, 0.717) is 0 Å². The van der Waals surface area contributed by atoms with E-state index in [1.165, 1.54) is 6.92 Å². The Balaban J connectivity index is 4.80. The predicted molar refractivity (Wildman–Crippen MR) is 44.2 cm³/mol. The second-order valence-corrected chi connectivity index (χ2v) is 2.67. The molecule has 0 rings (SSSR count). The summed E-state index contributed by atoms with van der Waals surface area (Å²) in [5, 5.41) is 0. The van der Waals surface area contributed by atoms with Crippen molar-refractivity contribution in [3.05, 3.63) is 0 Å². The number of ether oxygens (including phenoxy) is 3. The molecule has 4 nitrogen and oxygen atoms in total. The fraction of sp³-hybridized carbons (Fsp3) is 0.875. The van der Waals surface area contributed by atoms with Crippen LogP contribution in [0, 0.1) is 0 Å². The fourth-order valence-corrected chi connectivity index (χ4v) is 0.726. The molecule has 0 saturated carbocycles. The van der Waals surface area contributed by atoms with Crippen molar-refractivity contribution in [3.8, 4) is 0 Å². The average Bonchev–Trinajstić information content (AvgIpc) is 2.25. The summed E-state index contributed by atoms with van der Waals surface area (Å²) in [6.07, 6.45) is -5.36.